The van der Waals surface area contributed by atoms with E-state index in [1.165, 1.54) is 12.8 Å². The van der Waals surface area contributed by atoms with E-state index in [9.17, 15) is 4.79 Å². The second-order valence-corrected chi connectivity index (χ2v) is 7.12. The van der Waals surface area contributed by atoms with Crippen LogP contribution >= 0.6 is 23.7 Å². The zero-order valence-corrected chi connectivity index (χ0v) is 14.5. The van der Waals surface area contributed by atoms with Gasteiger partial charge in [-0.25, -0.2) is 0 Å². The number of amides is 1. The lowest BCUT2D eigenvalue weighted by Crippen LogP contribution is -2.38. The summed E-state index contributed by atoms with van der Waals surface area (Å²) in [6.07, 6.45) is 3.54. The quantitative estimate of drug-likeness (QED) is 0.895. The maximum Gasteiger partial charge on any atom is 0.264 e. The molecule has 23 heavy (non-hydrogen) atoms. The van der Waals surface area contributed by atoms with Gasteiger partial charge in [-0.3, -0.25) is 4.79 Å². The van der Waals surface area contributed by atoms with Crippen LogP contribution in [0.1, 0.15) is 28.9 Å². The van der Waals surface area contributed by atoms with E-state index in [0.29, 0.717) is 12.1 Å². The first-order valence-electron chi connectivity index (χ1n) is 7.99. The van der Waals surface area contributed by atoms with Crippen molar-refractivity contribution in [1.29, 1.82) is 0 Å². The van der Waals surface area contributed by atoms with Crippen LogP contribution in [-0.4, -0.2) is 36.0 Å². The third-order valence-corrected chi connectivity index (χ3v) is 5.66. The van der Waals surface area contributed by atoms with Gasteiger partial charge in [-0.05, 0) is 36.3 Å². The second-order valence-electron chi connectivity index (χ2n) is 6.21. The number of nitrogens with one attached hydrogen (secondary N) is 1. The van der Waals surface area contributed by atoms with Gasteiger partial charge in [0, 0.05) is 30.7 Å². The van der Waals surface area contributed by atoms with Gasteiger partial charge in [-0.15, -0.1) is 23.7 Å². The van der Waals surface area contributed by atoms with Gasteiger partial charge in [0.1, 0.15) is 0 Å². The first kappa shape index (κ1) is 16.5. The summed E-state index contributed by atoms with van der Waals surface area (Å²) in [7, 11) is 0. The molecule has 2 saturated heterocycles. The number of likely N-dealkylation sites (tertiary alicyclic amines) is 1. The van der Waals surface area contributed by atoms with Crippen LogP contribution in [0.5, 0.6) is 0 Å². The number of carbonyl (C=O) groups excluding carboxylic acids is 1. The molecule has 0 saturated carbocycles. The largest absolute Gasteiger partial charge is 0.336 e. The van der Waals surface area contributed by atoms with Crippen molar-refractivity contribution < 1.29 is 4.79 Å². The summed E-state index contributed by atoms with van der Waals surface area (Å²) in [6.45, 7) is 1.72. The van der Waals surface area contributed by atoms with Crippen molar-refractivity contribution in [2.24, 2.45) is 0 Å². The van der Waals surface area contributed by atoms with Crippen LogP contribution in [-0.2, 0) is 0 Å². The number of benzene rings is 1. The second kappa shape index (κ2) is 7.04. The predicted octanol–water partition coefficient (Wildman–Crippen LogP) is 3.80. The van der Waals surface area contributed by atoms with E-state index < -0.39 is 0 Å². The van der Waals surface area contributed by atoms with Gasteiger partial charge in [0.25, 0.3) is 5.91 Å². The van der Waals surface area contributed by atoms with Crippen LogP contribution in [0.4, 0.5) is 0 Å². The van der Waals surface area contributed by atoms with Crippen molar-refractivity contribution in [2.45, 2.75) is 31.3 Å². The SMILES string of the molecule is Cl.O=C(c1sccc1-c1ccccc1)N1CCC2CCC(C1)N2. The molecule has 2 aromatic rings. The third-order valence-electron chi connectivity index (χ3n) is 4.75. The molecule has 2 aliphatic heterocycles. The van der Waals surface area contributed by atoms with Crippen LogP contribution < -0.4 is 5.32 Å². The lowest BCUT2D eigenvalue weighted by molar-refractivity contribution is 0.0753. The molecule has 1 N–H and O–H groups in total. The number of carbonyl (C=O) groups is 1. The van der Waals surface area contributed by atoms with Crippen molar-refractivity contribution in [3.05, 3.63) is 46.7 Å². The van der Waals surface area contributed by atoms with Crippen molar-refractivity contribution in [1.82, 2.24) is 10.2 Å². The van der Waals surface area contributed by atoms with E-state index in [1.807, 2.05) is 23.6 Å². The van der Waals surface area contributed by atoms with Crippen molar-refractivity contribution in [3.63, 3.8) is 0 Å². The molecule has 1 aromatic carbocycles. The number of halogens is 1. The molecule has 2 aliphatic rings. The number of nitrogens with zero attached hydrogens (tertiary/aromatic N) is 1. The van der Waals surface area contributed by atoms with Crippen LogP contribution in [0, 0.1) is 0 Å². The summed E-state index contributed by atoms with van der Waals surface area (Å²) in [5, 5.41) is 5.66. The Hall–Kier alpha value is -1.36. The van der Waals surface area contributed by atoms with Gasteiger partial charge in [0.05, 0.1) is 4.88 Å². The van der Waals surface area contributed by atoms with Crippen LogP contribution in [0.15, 0.2) is 41.8 Å². The maximum absolute atomic E-state index is 13.0. The molecule has 2 bridgehead atoms. The standard InChI is InChI=1S/C18H20N2OS.ClH/c21-18(20-10-8-14-6-7-15(12-20)19-14)17-16(9-11-22-17)13-4-2-1-3-5-13;/h1-5,9,11,14-15,19H,6-8,10,12H2;1H. The smallest absolute Gasteiger partial charge is 0.264 e. The maximum atomic E-state index is 13.0. The molecule has 1 amide bonds. The van der Waals surface area contributed by atoms with Gasteiger partial charge in [0.2, 0.25) is 0 Å². The van der Waals surface area contributed by atoms with Crippen LogP contribution in [0.3, 0.4) is 0 Å². The zero-order chi connectivity index (χ0) is 14.9. The Bertz CT molecular complexity index is 673. The molecule has 2 unspecified atom stereocenters. The van der Waals surface area contributed by atoms with Gasteiger partial charge in [0.15, 0.2) is 0 Å². The molecular formula is C18H21ClN2OS. The van der Waals surface area contributed by atoms with Gasteiger partial charge < -0.3 is 10.2 Å². The Morgan fingerprint density at radius 2 is 1.87 bits per heavy atom. The van der Waals surface area contributed by atoms with Crippen molar-refractivity contribution >= 4 is 29.7 Å². The van der Waals surface area contributed by atoms with E-state index in [-0.39, 0.29) is 18.3 Å². The van der Waals surface area contributed by atoms with E-state index in [0.717, 1.165) is 35.5 Å². The molecule has 122 valence electrons. The molecule has 1 aromatic heterocycles. The summed E-state index contributed by atoms with van der Waals surface area (Å²) in [6, 6.07) is 13.4. The number of rotatable bonds is 2. The highest BCUT2D eigenvalue weighted by Gasteiger charge is 2.32. The normalized spacial score (nSPS) is 23.2. The molecule has 3 heterocycles. The summed E-state index contributed by atoms with van der Waals surface area (Å²) >= 11 is 1.56. The molecule has 4 rings (SSSR count). The van der Waals surface area contributed by atoms with Crippen molar-refractivity contribution in [2.75, 3.05) is 13.1 Å². The minimum absolute atomic E-state index is 0. The molecule has 2 atom stereocenters. The highest BCUT2D eigenvalue weighted by atomic mass is 35.5. The first-order chi connectivity index (χ1) is 10.8. The van der Waals surface area contributed by atoms with Gasteiger partial charge >= 0.3 is 0 Å². The summed E-state index contributed by atoms with van der Waals surface area (Å²) < 4.78 is 0. The van der Waals surface area contributed by atoms with Gasteiger partial charge in [-0.2, -0.15) is 0 Å². The fourth-order valence-electron chi connectivity index (χ4n) is 3.59. The number of hydrogen-bond acceptors (Lipinski definition) is 3. The molecule has 0 radical (unpaired) electrons. The predicted molar refractivity (Wildman–Crippen MR) is 97.5 cm³/mol. The molecular weight excluding hydrogens is 328 g/mol. The molecule has 3 nitrogen and oxygen atoms in total. The Kier molecular flexibility index (Phi) is 5.05. The highest BCUT2D eigenvalue weighted by Crippen LogP contribution is 2.30. The highest BCUT2D eigenvalue weighted by molar-refractivity contribution is 7.12. The molecule has 0 spiro atoms. The molecule has 2 fully saturated rings. The number of fused-ring (bicyclic) bond motifs is 2. The average molecular weight is 349 g/mol. The van der Waals surface area contributed by atoms with Crippen LogP contribution in [0.2, 0.25) is 0 Å². The lowest BCUT2D eigenvalue weighted by Gasteiger charge is -2.24. The summed E-state index contributed by atoms with van der Waals surface area (Å²) in [4.78, 5) is 15.9. The first-order valence-corrected chi connectivity index (χ1v) is 8.87. The Labute approximate surface area is 147 Å². The fourth-order valence-corrected chi connectivity index (χ4v) is 4.47. The summed E-state index contributed by atoms with van der Waals surface area (Å²) in [5.74, 6) is 0.197. The topological polar surface area (TPSA) is 32.3 Å². The minimum Gasteiger partial charge on any atom is -0.336 e. The number of thiophene rings is 1. The zero-order valence-electron chi connectivity index (χ0n) is 12.9. The molecule has 0 aliphatic carbocycles. The van der Waals surface area contributed by atoms with E-state index in [2.05, 4.69) is 28.4 Å². The van der Waals surface area contributed by atoms with Crippen molar-refractivity contribution in [3.8, 4) is 11.1 Å². The Morgan fingerprint density at radius 1 is 1.09 bits per heavy atom. The van der Waals surface area contributed by atoms with E-state index >= 15 is 0 Å². The summed E-state index contributed by atoms with van der Waals surface area (Å²) in [5.41, 5.74) is 2.19. The van der Waals surface area contributed by atoms with Gasteiger partial charge in [-0.1, -0.05) is 30.3 Å². The Morgan fingerprint density at radius 3 is 2.70 bits per heavy atom. The minimum atomic E-state index is 0. The van der Waals surface area contributed by atoms with E-state index in [4.69, 9.17) is 0 Å². The third kappa shape index (κ3) is 3.30. The van der Waals surface area contributed by atoms with E-state index in [1.54, 1.807) is 11.3 Å². The van der Waals surface area contributed by atoms with Crippen LogP contribution in [0.25, 0.3) is 11.1 Å². The fraction of sp³-hybridized carbons (Fsp3) is 0.389. The number of hydrogen-bond donors (Lipinski definition) is 1. The molecule has 5 heteroatoms. The Balaban J connectivity index is 0.00000156. The monoisotopic (exact) mass is 348 g/mol. The lowest BCUT2D eigenvalue weighted by atomic mass is 10.1. The average Bonchev–Trinajstić information content (AvgIpc) is 3.14.